The van der Waals surface area contributed by atoms with Gasteiger partial charge in [0.1, 0.15) is 11.6 Å². The van der Waals surface area contributed by atoms with E-state index in [0.717, 1.165) is 6.07 Å². The van der Waals surface area contributed by atoms with E-state index in [1.165, 1.54) is 12.1 Å². The number of nitrogens with one attached hydrogen (secondary N) is 1. The van der Waals surface area contributed by atoms with Crippen molar-refractivity contribution in [1.29, 1.82) is 0 Å². The van der Waals surface area contributed by atoms with Crippen LogP contribution in [0.25, 0.3) is 0 Å². The van der Waals surface area contributed by atoms with E-state index in [1.807, 2.05) is 20.8 Å². The largest absolute Gasteiger partial charge is 0.295 e. The molecule has 1 aromatic rings. The SMILES string of the molecule is C#CC(C)(C)NC(C)c1cc(F)cc(F)c1. The smallest absolute Gasteiger partial charge is 0.126 e. The summed E-state index contributed by atoms with van der Waals surface area (Å²) in [5, 5.41) is 3.11. The lowest BCUT2D eigenvalue weighted by Crippen LogP contribution is -2.39. The molecule has 1 rings (SSSR count). The number of benzene rings is 1. The van der Waals surface area contributed by atoms with Crippen molar-refractivity contribution in [2.75, 3.05) is 0 Å². The van der Waals surface area contributed by atoms with Crippen molar-refractivity contribution in [3.63, 3.8) is 0 Å². The second-order valence-electron chi connectivity index (χ2n) is 4.34. The van der Waals surface area contributed by atoms with Gasteiger partial charge in [-0.1, -0.05) is 5.92 Å². The Labute approximate surface area is 94.9 Å². The minimum Gasteiger partial charge on any atom is -0.295 e. The van der Waals surface area contributed by atoms with Gasteiger partial charge in [-0.05, 0) is 38.5 Å². The Balaban J connectivity index is 2.89. The fourth-order valence-corrected chi connectivity index (χ4v) is 1.49. The van der Waals surface area contributed by atoms with E-state index in [2.05, 4.69) is 11.2 Å². The molecule has 0 saturated heterocycles. The van der Waals surface area contributed by atoms with Crippen molar-refractivity contribution in [1.82, 2.24) is 5.32 Å². The Bertz CT molecular complexity index is 398. The minimum atomic E-state index is -0.581. The zero-order valence-electron chi connectivity index (χ0n) is 9.64. The molecule has 1 aromatic carbocycles. The van der Waals surface area contributed by atoms with E-state index in [-0.39, 0.29) is 6.04 Å². The monoisotopic (exact) mass is 223 g/mol. The van der Waals surface area contributed by atoms with Gasteiger partial charge < -0.3 is 0 Å². The van der Waals surface area contributed by atoms with Crippen LogP contribution in [0.15, 0.2) is 18.2 Å². The molecule has 0 fully saturated rings. The van der Waals surface area contributed by atoms with Crippen molar-refractivity contribution < 1.29 is 8.78 Å². The summed E-state index contributed by atoms with van der Waals surface area (Å²) in [6, 6.07) is 3.24. The van der Waals surface area contributed by atoms with Crippen LogP contribution in [0, 0.1) is 24.0 Å². The first-order chi connectivity index (χ1) is 7.34. The highest BCUT2D eigenvalue weighted by Crippen LogP contribution is 2.18. The molecule has 0 bridgehead atoms. The van der Waals surface area contributed by atoms with Gasteiger partial charge >= 0.3 is 0 Å². The van der Waals surface area contributed by atoms with Crippen LogP contribution >= 0.6 is 0 Å². The summed E-state index contributed by atoms with van der Waals surface area (Å²) in [5.41, 5.74) is 0.0307. The van der Waals surface area contributed by atoms with Crippen LogP contribution in [0.5, 0.6) is 0 Å². The first-order valence-electron chi connectivity index (χ1n) is 5.05. The van der Waals surface area contributed by atoms with Crippen molar-refractivity contribution in [3.8, 4) is 12.3 Å². The molecule has 86 valence electrons. The third-order valence-electron chi connectivity index (χ3n) is 2.32. The molecule has 0 heterocycles. The van der Waals surface area contributed by atoms with Gasteiger partial charge in [0.25, 0.3) is 0 Å². The third kappa shape index (κ3) is 3.32. The van der Waals surface area contributed by atoms with Crippen molar-refractivity contribution in [2.45, 2.75) is 32.4 Å². The van der Waals surface area contributed by atoms with Crippen LogP contribution in [0.1, 0.15) is 32.4 Å². The summed E-state index contributed by atoms with van der Waals surface area (Å²) in [7, 11) is 0. The predicted molar refractivity (Wildman–Crippen MR) is 60.8 cm³/mol. The summed E-state index contributed by atoms with van der Waals surface area (Å²) in [5.74, 6) is 1.41. The highest BCUT2D eigenvalue weighted by atomic mass is 19.1. The average Bonchev–Trinajstić information content (AvgIpc) is 2.15. The molecule has 0 spiro atoms. The lowest BCUT2D eigenvalue weighted by atomic mass is 10.0. The molecule has 1 nitrogen and oxygen atoms in total. The molecule has 16 heavy (non-hydrogen) atoms. The van der Waals surface area contributed by atoms with Gasteiger partial charge in [0.2, 0.25) is 0 Å². The lowest BCUT2D eigenvalue weighted by molar-refractivity contribution is 0.428. The molecule has 0 amide bonds. The maximum atomic E-state index is 13.0. The van der Waals surface area contributed by atoms with Crippen LogP contribution in [-0.4, -0.2) is 5.54 Å². The Kier molecular flexibility index (Phi) is 3.66. The highest BCUT2D eigenvalue weighted by molar-refractivity contribution is 5.22. The molecule has 0 radical (unpaired) electrons. The number of hydrogen-bond donors (Lipinski definition) is 1. The zero-order chi connectivity index (χ0) is 12.3. The molecule has 1 atom stereocenters. The first-order valence-corrected chi connectivity index (χ1v) is 5.05. The Morgan fingerprint density at radius 3 is 2.19 bits per heavy atom. The van der Waals surface area contributed by atoms with Crippen LogP contribution in [0.3, 0.4) is 0 Å². The van der Waals surface area contributed by atoms with E-state index in [1.54, 1.807) is 0 Å². The van der Waals surface area contributed by atoms with Crippen molar-refractivity contribution >= 4 is 0 Å². The van der Waals surface area contributed by atoms with Crippen molar-refractivity contribution in [2.24, 2.45) is 0 Å². The van der Waals surface area contributed by atoms with E-state index in [0.29, 0.717) is 5.56 Å². The van der Waals surface area contributed by atoms with Crippen LogP contribution in [0.2, 0.25) is 0 Å². The fraction of sp³-hybridized carbons (Fsp3) is 0.385. The van der Waals surface area contributed by atoms with Gasteiger partial charge in [-0.25, -0.2) is 8.78 Å². The predicted octanol–water partition coefficient (Wildman–Crippen LogP) is 3.03. The summed E-state index contributed by atoms with van der Waals surface area (Å²) < 4.78 is 26.0. The van der Waals surface area contributed by atoms with Gasteiger partial charge in [0.05, 0.1) is 5.54 Å². The minimum absolute atomic E-state index is 0.212. The number of terminal acetylenes is 1. The van der Waals surface area contributed by atoms with E-state index < -0.39 is 17.2 Å². The summed E-state index contributed by atoms with van der Waals surface area (Å²) in [6.45, 7) is 5.48. The van der Waals surface area contributed by atoms with Gasteiger partial charge in [-0.15, -0.1) is 6.42 Å². The number of halogens is 2. The molecule has 0 aliphatic carbocycles. The lowest BCUT2D eigenvalue weighted by Gasteiger charge is -2.25. The van der Waals surface area contributed by atoms with E-state index >= 15 is 0 Å². The van der Waals surface area contributed by atoms with Crippen LogP contribution < -0.4 is 5.32 Å². The van der Waals surface area contributed by atoms with Gasteiger partial charge in [0, 0.05) is 12.1 Å². The molecule has 1 N–H and O–H groups in total. The third-order valence-corrected chi connectivity index (χ3v) is 2.32. The van der Waals surface area contributed by atoms with Gasteiger partial charge in [-0.3, -0.25) is 5.32 Å². The molecule has 3 heteroatoms. The zero-order valence-corrected chi connectivity index (χ0v) is 9.64. The molecule has 0 aliphatic rings. The quantitative estimate of drug-likeness (QED) is 0.777. The standard InChI is InChI=1S/C13H15F2N/c1-5-13(3,4)16-9(2)10-6-11(14)8-12(15)7-10/h1,6-9,16H,2-4H3. The molecule has 0 aromatic heterocycles. The van der Waals surface area contributed by atoms with E-state index in [4.69, 9.17) is 6.42 Å². The molecule has 1 unspecified atom stereocenters. The molecule has 0 aliphatic heterocycles. The summed E-state index contributed by atoms with van der Waals surface area (Å²) >= 11 is 0. The second-order valence-corrected chi connectivity index (χ2v) is 4.34. The first kappa shape index (κ1) is 12.7. The average molecular weight is 223 g/mol. The van der Waals surface area contributed by atoms with Gasteiger partial charge in [-0.2, -0.15) is 0 Å². The van der Waals surface area contributed by atoms with E-state index in [9.17, 15) is 8.78 Å². The number of hydrogen-bond acceptors (Lipinski definition) is 1. The highest BCUT2D eigenvalue weighted by Gasteiger charge is 2.18. The maximum absolute atomic E-state index is 13.0. The normalized spacial score (nSPS) is 13.2. The fourth-order valence-electron chi connectivity index (χ4n) is 1.49. The summed E-state index contributed by atoms with van der Waals surface area (Å²) in [4.78, 5) is 0. The van der Waals surface area contributed by atoms with Crippen molar-refractivity contribution in [3.05, 3.63) is 35.4 Å². The molecular formula is C13H15F2N. The topological polar surface area (TPSA) is 12.0 Å². The second kappa shape index (κ2) is 4.63. The van der Waals surface area contributed by atoms with Crippen LogP contribution in [-0.2, 0) is 0 Å². The van der Waals surface area contributed by atoms with Gasteiger partial charge in [0.15, 0.2) is 0 Å². The Morgan fingerprint density at radius 2 is 1.75 bits per heavy atom. The van der Waals surface area contributed by atoms with Crippen LogP contribution in [0.4, 0.5) is 8.78 Å². The maximum Gasteiger partial charge on any atom is 0.126 e. The Hall–Kier alpha value is -1.40. The molecule has 0 saturated carbocycles. The Morgan fingerprint density at radius 1 is 1.25 bits per heavy atom. The molecular weight excluding hydrogens is 208 g/mol. The summed E-state index contributed by atoms with van der Waals surface area (Å²) in [6.07, 6.45) is 5.33. The number of rotatable bonds is 3.